The standard InChI is InChI=1S/C39H31N/c1-40(37-12-7-11-32(26-37)30-16-14-29(15-17-30)24-28-8-3-2-4-9-28)36-22-20-31(21-23-36)33-18-19-35-25-34-10-5-6-13-38(34)39(35)27-33/h2-23,26-27H,24-25H2,1H3. The Labute approximate surface area is 237 Å². The van der Waals surface area contributed by atoms with Gasteiger partial charge in [0.05, 0.1) is 0 Å². The summed E-state index contributed by atoms with van der Waals surface area (Å²) in [6.07, 6.45) is 1.99. The fourth-order valence-electron chi connectivity index (χ4n) is 5.87. The van der Waals surface area contributed by atoms with Gasteiger partial charge in [-0.15, -0.1) is 0 Å². The van der Waals surface area contributed by atoms with Crippen LogP contribution in [0.4, 0.5) is 11.4 Å². The molecular formula is C39H31N. The zero-order valence-electron chi connectivity index (χ0n) is 22.7. The van der Waals surface area contributed by atoms with E-state index in [0.29, 0.717) is 0 Å². The molecule has 0 unspecified atom stereocenters. The zero-order chi connectivity index (χ0) is 26.9. The highest BCUT2D eigenvalue weighted by Crippen LogP contribution is 2.39. The van der Waals surface area contributed by atoms with Crippen molar-refractivity contribution in [3.05, 3.63) is 168 Å². The summed E-state index contributed by atoms with van der Waals surface area (Å²) in [5.41, 5.74) is 15.6. The van der Waals surface area contributed by atoms with Gasteiger partial charge in [-0.05, 0) is 98.8 Å². The third kappa shape index (κ3) is 4.72. The van der Waals surface area contributed by atoms with E-state index in [4.69, 9.17) is 0 Å². The molecule has 0 aromatic heterocycles. The summed E-state index contributed by atoms with van der Waals surface area (Å²) in [5, 5.41) is 0. The largest absolute Gasteiger partial charge is 0.345 e. The zero-order valence-corrected chi connectivity index (χ0v) is 22.7. The van der Waals surface area contributed by atoms with Crippen molar-refractivity contribution in [1.82, 2.24) is 0 Å². The molecule has 6 aromatic rings. The van der Waals surface area contributed by atoms with E-state index in [2.05, 4.69) is 158 Å². The van der Waals surface area contributed by atoms with Crippen molar-refractivity contribution >= 4 is 11.4 Å². The minimum absolute atomic E-state index is 0.957. The summed E-state index contributed by atoms with van der Waals surface area (Å²) < 4.78 is 0. The molecule has 192 valence electrons. The normalized spacial score (nSPS) is 11.6. The first-order chi connectivity index (χ1) is 19.7. The Kier molecular flexibility index (Phi) is 6.26. The molecular weight excluding hydrogens is 482 g/mol. The van der Waals surface area contributed by atoms with Gasteiger partial charge in [0.1, 0.15) is 0 Å². The summed E-state index contributed by atoms with van der Waals surface area (Å²) in [6, 6.07) is 53.0. The molecule has 0 heterocycles. The molecule has 0 aliphatic heterocycles. The van der Waals surface area contributed by atoms with Crippen molar-refractivity contribution < 1.29 is 0 Å². The fraction of sp³-hybridized carbons (Fsp3) is 0.0769. The van der Waals surface area contributed by atoms with Crippen LogP contribution in [0.5, 0.6) is 0 Å². The van der Waals surface area contributed by atoms with Crippen LogP contribution in [0.1, 0.15) is 22.3 Å². The molecule has 40 heavy (non-hydrogen) atoms. The predicted octanol–water partition coefficient (Wildman–Crippen LogP) is 9.95. The molecule has 0 saturated heterocycles. The molecule has 0 bridgehead atoms. The van der Waals surface area contributed by atoms with Crippen LogP contribution in [0.15, 0.2) is 146 Å². The summed E-state index contributed by atoms with van der Waals surface area (Å²) in [6.45, 7) is 0. The second-order valence-corrected chi connectivity index (χ2v) is 10.7. The molecule has 1 aliphatic carbocycles. The van der Waals surface area contributed by atoms with Crippen molar-refractivity contribution in [2.45, 2.75) is 12.8 Å². The van der Waals surface area contributed by atoms with Crippen molar-refractivity contribution in [3.63, 3.8) is 0 Å². The van der Waals surface area contributed by atoms with Crippen LogP contribution in [0.2, 0.25) is 0 Å². The van der Waals surface area contributed by atoms with Crippen LogP contribution >= 0.6 is 0 Å². The number of hydrogen-bond donors (Lipinski definition) is 0. The van der Waals surface area contributed by atoms with Crippen LogP contribution < -0.4 is 4.90 Å². The Hall–Kier alpha value is -4.88. The van der Waals surface area contributed by atoms with Gasteiger partial charge in [0.2, 0.25) is 0 Å². The maximum atomic E-state index is 2.36. The Morgan fingerprint density at radius 3 is 1.88 bits per heavy atom. The van der Waals surface area contributed by atoms with Crippen molar-refractivity contribution in [1.29, 1.82) is 0 Å². The smallest absolute Gasteiger partial charge is 0.0414 e. The van der Waals surface area contributed by atoms with Gasteiger partial charge in [-0.25, -0.2) is 0 Å². The van der Waals surface area contributed by atoms with Crippen molar-refractivity contribution in [2.24, 2.45) is 0 Å². The van der Waals surface area contributed by atoms with Crippen molar-refractivity contribution in [3.8, 4) is 33.4 Å². The number of fused-ring (bicyclic) bond motifs is 3. The first kappa shape index (κ1) is 24.2. The average molecular weight is 514 g/mol. The summed E-state index contributed by atoms with van der Waals surface area (Å²) in [5.74, 6) is 0. The van der Waals surface area contributed by atoms with E-state index >= 15 is 0 Å². The molecule has 0 atom stereocenters. The van der Waals surface area contributed by atoms with Crippen LogP contribution in [0, 0.1) is 0 Å². The topological polar surface area (TPSA) is 3.24 Å². The molecule has 0 radical (unpaired) electrons. The Balaban J connectivity index is 1.09. The minimum atomic E-state index is 0.957. The number of benzene rings is 6. The highest BCUT2D eigenvalue weighted by molar-refractivity contribution is 5.82. The second-order valence-electron chi connectivity index (χ2n) is 10.7. The number of nitrogens with zero attached hydrogens (tertiary/aromatic N) is 1. The van der Waals surface area contributed by atoms with E-state index < -0.39 is 0 Å². The highest BCUT2D eigenvalue weighted by Gasteiger charge is 2.18. The van der Waals surface area contributed by atoms with Crippen LogP contribution in [0.3, 0.4) is 0 Å². The van der Waals surface area contributed by atoms with E-state index in [9.17, 15) is 0 Å². The first-order valence-electron chi connectivity index (χ1n) is 14.0. The van der Waals surface area contributed by atoms with Crippen LogP contribution in [-0.2, 0) is 12.8 Å². The third-order valence-electron chi connectivity index (χ3n) is 8.16. The predicted molar refractivity (Wildman–Crippen MR) is 169 cm³/mol. The van der Waals surface area contributed by atoms with Gasteiger partial charge in [0.15, 0.2) is 0 Å². The molecule has 0 amide bonds. The molecule has 0 saturated carbocycles. The summed E-state index contributed by atoms with van der Waals surface area (Å²) in [4.78, 5) is 2.26. The van der Waals surface area contributed by atoms with Gasteiger partial charge in [-0.3, -0.25) is 0 Å². The molecule has 1 nitrogen and oxygen atoms in total. The average Bonchev–Trinajstić information content (AvgIpc) is 3.40. The lowest BCUT2D eigenvalue weighted by Gasteiger charge is -2.21. The maximum Gasteiger partial charge on any atom is 0.0414 e. The monoisotopic (exact) mass is 513 g/mol. The lowest BCUT2D eigenvalue weighted by molar-refractivity contribution is 1.19. The van der Waals surface area contributed by atoms with E-state index in [1.165, 1.54) is 67.0 Å². The van der Waals surface area contributed by atoms with Gasteiger partial charge in [-0.1, -0.05) is 115 Å². The van der Waals surface area contributed by atoms with Gasteiger partial charge in [0, 0.05) is 18.4 Å². The Bertz CT molecular complexity index is 1780. The number of anilines is 2. The van der Waals surface area contributed by atoms with Crippen molar-refractivity contribution in [2.75, 3.05) is 11.9 Å². The molecule has 0 N–H and O–H groups in total. The Morgan fingerprint density at radius 2 is 1.07 bits per heavy atom. The fourth-order valence-corrected chi connectivity index (χ4v) is 5.87. The summed E-state index contributed by atoms with van der Waals surface area (Å²) in [7, 11) is 2.14. The molecule has 6 aromatic carbocycles. The maximum absolute atomic E-state index is 2.36. The van der Waals surface area contributed by atoms with E-state index in [-0.39, 0.29) is 0 Å². The van der Waals surface area contributed by atoms with Crippen LogP contribution in [-0.4, -0.2) is 7.05 Å². The lowest BCUT2D eigenvalue weighted by Crippen LogP contribution is -2.09. The summed E-state index contributed by atoms with van der Waals surface area (Å²) >= 11 is 0. The molecule has 7 rings (SSSR count). The second kappa shape index (κ2) is 10.4. The number of hydrogen-bond acceptors (Lipinski definition) is 1. The van der Waals surface area contributed by atoms with Gasteiger partial charge >= 0.3 is 0 Å². The van der Waals surface area contributed by atoms with E-state index in [1.807, 2.05) is 0 Å². The number of rotatable bonds is 6. The molecule has 1 aliphatic rings. The molecule has 1 heteroatoms. The molecule has 0 fully saturated rings. The van der Waals surface area contributed by atoms with E-state index in [1.54, 1.807) is 0 Å². The third-order valence-corrected chi connectivity index (χ3v) is 8.16. The lowest BCUT2D eigenvalue weighted by atomic mass is 9.98. The SMILES string of the molecule is CN(c1ccc(-c2ccc3c(c2)-c2ccccc2C3)cc1)c1cccc(-c2ccc(Cc3ccccc3)cc2)c1. The van der Waals surface area contributed by atoms with E-state index in [0.717, 1.165) is 12.8 Å². The Morgan fingerprint density at radius 1 is 0.450 bits per heavy atom. The highest BCUT2D eigenvalue weighted by atomic mass is 15.1. The minimum Gasteiger partial charge on any atom is -0.345 e. The quantitative estimate of drug-likeness (QED) is 0.214. The molecule has 0 spiro atoms. The van der Waals surface area contributed by atoms with Gasteiger partial charge in [0.25, 0.3) is 0 Å². The van der Waals surface area contributed by atoms with Crippen LogP contribution in [0.25, 0.3) is 33.4 Å². The van der Waals surface area contributed by atoms with Gasteiger partial charge in [-0.2, -0.15) is 0 Å². The first-order valence-corrected chi connectivity index (χ1v) is 14.0. The van der Waals surface area contributed by atoms with Gasteiger partial charge < -0.3 is 4.90 Å².